The predicted octanol–water partition coefficient (Wildman–Crippen LogP) is 3.56. The lowest BCUT2D eigenvalue weighted by Crippen LogP contribution is -2.12. The van der Waals surface area contributed by atoms with E-state index in [9.17, 15) is 14.9 Å². The summed E-state index contributed by atoms with van der Waals surface area (Å²) in [6.45, 7) is 3.97. The molecular weight excluding hydrogens is 312 g/mol. The number of methoxy groups -OCH3 is 1. The quantitative estimate of drug-likeness (QED) is 0.646. The lowest BCUT2D eigenvalue weighted by molar-refractivity contribution is -0.385. The lowest BCUT2D eigenvalue weighted by atomic mass is 10.1. The fourth-order valence-corrected chi connectivity index (χ4v) is 2.17. The van der Waals surface area contributed by atoms with Crippen LogP contribution in [0.25, 0.3) is 0 Å². The largest absolute Gasteiger partial charge is 0.493 e. The molecule has 0 aliphatic rings. The summed E-state index contributed by atoms with van der Waals surface area (Å²) in [7, 11) is 1.49. The van der Waals surface area contributed by atoms with Gasteiger partial charge in [0.1, 0.15) is 0 Å². The molecular formula is C17H18N2O5. The average molecular weight is 330 g/mol. The van der Waals surface area contributed by atoms with Gasteiger partial charge in [0.25, 0.3) is 11.6 Å². The minimum absolute atomic E-state index is 0.0444. The highest BCUT2D eigenvalue weighted by Gasteiger charge is 2.14. The second kappa shape index (κ2) is 7.45. The summed E-state index contributed by atoms with van der Waals surface area (Å²) in [4.78, 5) is 22.8. The van der Waals surface area contributed by atoms with E-state index in [-0.39, 0.29) is 5.69 Å². The molecule has 24 heavy (non-hydrogen) atoms. The molecule has 0 bridgehead atoms. The van der Waals surface area contributed by atoms with Crippen LogP contribution in [0, 0.1) is 17.0 Å². The second-order valence-corrected chi connectivity index (χ2v) is 5.01. The zero-order valence-corrected chi connectivity index (χ0v) is 13.7. The van der Waals surface area contributed by atoms with Crippen molar-refractivity contribution in [3.05, 3.63) is 57.6 Å². The molecule has 0 aliphatic heterocycles. The van der Waals surface area contributed by atoms with E-state index in [2.05, 4.69) is 5.32 Å². The Morgan fingerprint density at radius 3 is 2.58 bits per heavy atom. The van der Waals surface area contributed by atoms with Crippen LogP contribution in [0.5, 0.6) is 11.5 Å². The first-order valence-electron chi connectivity index (χ1n) is 7.33. The molecule has 0 atom stereocenters. The van der Waals surface area contributed by atoms with Crippen LogP contribution in [0.1, 0.15) is 22.8 Å². The third-order valence-corrected chi connectivity index (χ3v) is 3.39. The number of rotatable bonds is 6. The summed E-state index contributed by atoms with van der Waals surface area (Å²) in [6.07, 6.45) is 0. The molecule has 0 aliphatic carbocycles. The number of anilines is 1. The van der Waals surface area contributed by atoms with Crippen LogP contribution in [-0.2, 0) is 0 Å². The van der Waals surface area contributed by atoms with Crippen LogP contribution in [0.2, 0.25) is 0 Å². The molecule has 0 saturated carbocycles. The Hall–Kier alpha value is -3.09. The summed E-state index contributed by atoms with van der Waals surface area (Å²) >= 11 is 0. The first kappa shape index (κ1) is 17.3. The van der Waals surface area contributed by atoms with Crippen molar-refractivity contribution in [2.24, 2.45) is 0 Å². The van der Waals surface area contributed by atoms with Gasteiger partial charge in [-0.2, -0.15) is 0 Å². The number of nitrogens with zero attached hydrogens (tertiary/aromatic N) is 1. The number of benzene rings is 2. The van der Waals surface area contributed by atoms with E-state index in [1.165, 1.54) is 13.2 Å². The van der Waals surface area contributed by atoms with Crippen molar-refractivity contribution in [1.82, 2.24) is 0 Å². The number of carbonyl (C=O) groups is 1. The number of ether oxygens (including phenoxy) is 2. The maximum absolute atomic E-state index is 12.3. The van der Waals surface area contributed by atoms with E-state index in [0.29, 0.717) is 34.9 Å². The van der Waals surface area contributed by atoms with Crippen LogP contribution in [0.15, 0.2) is 36.4 Å². The van der Waals surface area contributed by atoms with Gasteiger partial charge >= 0.3 is 0 Å². The maximum atomic E-state index is 12.3. The molecule has 0 saturated heterocycles. The van der Waals surface area contributed by atoms with Crippen LogP contribution in [0.4, 0.5) is 11.4 Å². The van der Waals surface area contributed by atoms with Gasteiger partial charge in [0.05, 0.1) is 18.6 Å². The number of hydrogen-bond donors (Lipinski definition) is 1. The Morgan fingerprint density at radius 2 is 1.96 bits per heavy atom. The van der Waals surface area contributed by atoms with E-state index in [4.69, 9.17) is 9.47 Å². The lowest BCUT2D eigenvalue weighted by Gasteiger charge is -2.11. The number of aryl methyl sites for hydroxylation is 1. The summed E-state index contributed by atoms with van der Waals surface area (Å²) in [5.41, 5.74) is 1.20. The molecule has 7 nitrogen and oxygen atoms in total. The highest BCUT2D eigenvalue weighted by atomic mass is 16.6. The summed E-state index contributed by atoms with van der Waals surface area (Å²) in [5, 5.41) is 13.6. The predicted molar refractivity (Wildman–Crippen MR) is 89.9 cm³/mol. The Kier molecular flexibility index (Phi) is 5.36. The normalized spacial score (nSPS) is 10.1. The van der Waals surface area contributed by atoms with Gasteiger partial charge in [-0.3, -0.25) is 14.9 Å². The zero-order valence-electron chi connectivity index (χ0n) is 13.7. The molecule has 2 aromatic carbocycles. The number of hydrogen-bond acceptors (Lipinski definition) is 5. The van der Waals surface area contributed by atoms with Crippen molar-refractivity contribution < 1.29 is 19.2 Å². The van der Waals surface area contributed by atoms with Crippen molar-refractivity contribution in [1.29, 1.82) is 0 Å². The standard InChI is InChI=1S/C17H18N2O5/c1-4-24-15-8-6-12(9-16(15)23-3)17(20)18-13-7-5-11(2)14(10-13)19(21)22/h5-10H,4H2,1-3H3,(H,18,20). The third-order valence-electron chi connectivity index (χ3n) is 3.39. The molecule has 2 rings (SSSR count). The first-order valence-corrected chi connectivity index (χ1v) is 7.33. The molecule has 0 heterocycles. The fraction of sp³-hybridized carbons (Fsp3) is 0.235. The first-order chi connectivity index (χ1) is 11.5. The highest BCUT2D eigenvalue weighted by Crippen LogP contribution is 2.29. The van der Waals surface area contributed by atoms with Gasteiger partial charge in [-0.25, -0.2) is 0 Å². The van der Waals surface area contributed by atoms with Gasteiger partial charge in [0.15, 0.2) is 11.5 Å². The van der Waals surface area contributed by atoms with Crippen molar-refractivity contribution >= 4 is 17.3 Å². The third kappa shape index (κ3) is 3.81. The van der Waals surface area contributed by atoms with Gasteiger partial charge in [-0.1, -0.05) is 6.07 Å². The van der Waals surface area contributed by atoms with E-state index in [1.54, 1.807) is 37.3 Å². The van der Waals surface area contributed by atoms with Crippen molar-refractivity contribution in [3.63, 3.8) is 0 Å². The Morgan fingerprint density at radius 1 is 1.21 bits per heavy atom. The summed E-state index contributed by atoms with van der Waals surface area (Å²) < 4.78 is 10.6. The SMILES string of the molecule is CCOc1ccc(C(=O)Nc2ccc(C)c([N+](=O)[O-])c2)cc1OC. The monoisotopic (exact) mass is 330 g/mol. The van der Waals surface area contributed by atoms with Gasteiger partial charge in [0.2, 0.25) is 0 Å². The maximum Gasteiger partial charge on any atom is 0.274 e. The molecule has 0 fully saturated rings. The van der Waals surface area contributed by atoms with Gasteiger partial charge in [0, 0.05) is 22.9 Å². The molecule has 1 N–H and O–H groups in total. The van der Waals surface area contributed by atoms with Gasteiger partial charge < -0.3 is 14.8 Å². The van der Waals surface area contributed by atoms with E-state index in [0.717, 1.165) is 0 Å². The fourth-order valence-electron chi connectivity index (χ4n) is 2.17. The number of nitro benzene ring substituents is 1. The number of amides is 1. The summed E-state index contributed by atoms with van der Waals surface area (Å²) in [6, 6.07) is 9.35. The minimum Gasteiger partial charge on any atom is -0.493 e. The smallest absolute Gasteiger partial charge is 0.274 e. The van der Waals surface area contributed by atoms with Crippen LogP contribution < -0.4 is 14.8 Å². The number of nitrogens with one attached hydrogen (secondary N) is 1. The Labute approximate surface area is 139 Å². The van der Waals surface area contributed by atoms with Crippen molar-refractivity contribution in [3.8, 4) is 11.5 Å². The summed E-state index contributed by atoms with van der Waals surface area (Å²) in [5.74, 6) is 0.594. The molecule has 0 spiro atoms. The Balaban J connectivity index is 2.24. The van der Waals surface area contributed by atoms with Gasteiger partial charge in [-0.05, 0) is 38.1 Å². The zero-order chi connectivity index (χ0) is 17.7. The molecule has 2 aromatic rings. The van der Waals surface area contributed by atoms with Gasteiger partial charge in [-0.15, -0.1) is 0 Å². The van der Waals surface area contributed by atoms with Crippen molar-refractivity contribution in [2.45, 2.75) is 13.8 Å². The molecule has 0 unspecified atom stereocenters. The molecule has 126 valence electrons. The van der Waals surface area contributed by atoms with E-state index in [1.807, 2.05) is 6.92 Å². The van der Waals surface area contributed by atoms with Crippen LogP contribution in [0.3, 0.4) is 0 Å². The Bertz CT molecular complexity index is 774. The average Bonchev–Trinajstić information content (AvgIpc) is 2.56. The highest BCUT2D eigenvalue weighted by molar-refractivity contribution is 6.04. The van der Waals surface area contributed by atoms with Crippen LogP contribution >= 0.6 is 0 Å². The van der Waals surface area contributed by atoms with E-state index >= 15 is 0 Å². The molecule has 1 amide bonds. The van der Waals surface area contributed by atoms with Crippen molar-refractivity contribution in [2.75, 3.05) is 19.0 Å². The van der Waals surface area contributed by atoms with Crippen LogP contribution in [-0.4, -0.2) is 24.5 Å². The topological polar surface area (TPSA) is 90.7 Å². The number of nitro groups is 1. The second-order valence-electron chi connectivity index (χ2n) is 5.01. The minimum atomic E-state index is -0.481. The molecule has 7 heteroatoms. The molecule has 0 radical (unpaired) electrons. The number of carbonyl (C=O) groups excluding carboxylic acids is 1. The molecule has 0 aromatic heterocycles. The van der Waals surface area contributed by atoms with E-state index < -0.39 is 10.8 Å².